The molecule has 0 N–H and O–H groups in total. The highest BCUT2D eigenvalue weighted by molar-refractivity contribution is 8.16. The molecule has 24 heavy (non-hydrogen) atoms. The fourth-order valence-electron chi connectivity index (χ4n) is 3.79. The minimum Gasteiger partial charge on any atom is -0.301 e. The summed E-state index contributed by atoms with van der Waals surface area (Å²) in [5.74, 6) is -0.0996. The van der Waals surface area contributed by atoms with Crippen LogP contribution in [0, 0.1) is 11.8 Å². The second-order valence-electron chi connectivity index (χ2n) is 6.52. The number of nitrogens with zero attached hydrogens (tertiary/aromatic N) is 1. The molecule has 1 aliphatic carbocycles. The summed E-state index contributed by atoms with van der Waals surface area (Å²) in [7, 11) is 3.91. The van der Waals surface area contributed by atoms with E-state index in [9.17, 15) is 8.42 Å². The van der Waals surface area contributed by atoms with Gasteiger partial charge in [0.15, 0.2) is 0 Å². The van der Waals surface area contributed by atoms with Crippen LogP contribution < -0.4 is 0 Å². The van der Waals surface area contributed by atoms with Gasteiger partial charge in [-0.3, -0.25) is 0 Å². The monoisotopic (exact) mass is 405 g/mol. The van der Waals surface area contributed by atoms with Crippen LogP contribution in [-0.4, -0.2) is 26.9 Å². The van der Waals surface area contributed by atoms with Gasteiger partial charge in [0.05, 0.1) is 4.91 Å². The van der Waals surface area contributed by atoms with E-state index in [0.717, 1.165) is 24.2 Å². The van der Waals surface area contributed by atoms with Crippen LogP contribution in [0.2, 0.25) is 10.0 Å². The molecule has 3 nitrogen and oxygen atoms in total. The second kappa shape index (κ2) is 6.65. The molecule has 3 unspecified atom stereocenters. The van der Waals surface area contributed by atoms with Crippen molar-refractivity contribution in [1.29, 1.82) is 0 Å². The maximum absolute atomic E-state index is 11.9. The van der Waals surface area contributed by atoms with Crippen molar-refractivity contribution in [1.82, 2.24) is 4.90 Å². The highest BCUT2D eigenvalue weighted by Crippen LogP contribution is 2.45. The van der Waals surface area contributed by atoms with Crippen molar-refractivity contribution in [3.63, 3.8) is 0 Å². The minimum absolute atomic E-state index is 0.00885. The van der Waals surface area contributed by atoms with Crippen LogP contribution in [0.4, 0.5) is 0 Å². The molecule has 3 rings (SSSR count). The van der Waals surface area contributed by atoms with E-state index in [4.69, 9.17) is 33.9 Å². The molecule has 3 atom stereocenters. The molecule has 0 spiro atoms. The number of likely N-dealkylation sites (N-methyl/N-ethyl adjacent to an activating group) is 1. The van der Waals surface area contributed by atoms with Crippen LogP contribution in [-0.2, 0) is 15.6 Å². The zero-order valence-corrected chi connectivity index (χ0v) is 16.4. The van der Waals surface area contributed by atoms with Gasteiger partial charge in [-0.25, -0.2) is 8.42 Å². The van der Waals surface area contributed by atoms with Gasteiger partial charge in [0.1, 0.15) is 0 Å². The summed E-state index contributed by atoms with van der Waals surface area (Å²) in [6.07, 6.45) is 5.42. The van der Waals surface area contributed by atoms with Gasteiger partial charge in [0.2, 0.25) is 0 Å². The molecule has 0 aromatic heterocycles. The number of halogens is 3. The summed E-state index contributed by atoms with van der Waals surface area (Å²) < 4.78 is 23.7. The standard InChI is InChI=1S/C17H18Cl3NO2S/c1-10-12(4-3-5-17(10)24(20,22)23)14-8-21(2)9-15-13(14)6-11(18)7-16(15)19/h3-7,10,12,14H,8-9H2,1-2H3. The average molecular weight is 407 g/mol. The molecule has 0 saturated heterocycles. The predicted molar refractivity (Wildman–Crippen MR) is 100 cm³/mol. The van der Waals surface area contributed by atoms with E-state index in [1.54, 1.807) is 18.2 Å². The molecule has 0 saturated carbocycles. The largest absolute Gasteiger partial charge is 0.301 e. The lowest BCUT2D eigenvalue weighted by Gasteiger charge is -2.39. The van der Waals surface area contributed by atoms with Gasteiger partial charge in [-0.05, 0) is 42.3 Å². The Hall–Kier alpha value is -0.520. The molecule has 7 heteroatoms. The lowest BCUT2D eigenvalue weighted by molar-refractivity contribution is 0.239. The highest BCUT2D eigenvalue weighted by atomic mass is 35.7. The van der Waals surface area contributed by atoms with Crippen molar-refractivity contribution in [3.05, 3.63) is 56.4 Å². The maximum Gasteiger partial charge on any atom is 0.257 e. The number of hydrogen-bond acceptors (Lipinski definition) is 3. The average Bonchev–Trinajstić information content (AvgIpc) is 2.46. The van der Waals surface area contributed by atoms with Crippen molar-refractivity contribution in [2.45, 2.75) is 19.4 Å². The number of benzene rings is 1. The summed E-state index contributed by atoms with van der Waals surface area (Å²) >= 11 is 12.6. The van der Waals surface area contributed by atoms with Crippen LogP contribution in [0.15, 0.2) is 35.3 Å². The first kappa shape index (κ1) is 18.3. The van der Waals surface area contributed by atoms with Crippen LogP contribution in [0.5, 0.6) is 0 Å². The second-order valence-corrected chi connectivity index (χ2v) is 9.93. The topological polar surface area (TPSA) is 37.4 Å². The van der Waals surface area contributed by atoms with Crippen molar-refractivity contribution in [2.24, 2.45) is 11.8 Å². The lowest BCUT2D eigenvalue weighted by Crippen LogP contribution is -2.36. The number of fused-ring (bicyclic) bond motifs is 1. The molecule has 1 heterocycles. The third kappa shape index (κ3) is 3.40. The Morgan fingerprint density at radius 3 is 2.62 bits per heavy atom. The molecule has 1 aromatic rings. The van der Waals surface area contributed by atoms with E-state index in [1.165, 1.54) is 0 Å². The van der Waals surface area contributed by atoms with Crippen LogP contribution in [0.3, 0.4) is 0 Å². The fourth-order valence-corrected chi connectivity index (χ4v) is 5.78. The molecule has 0 radical (unpaired) electrons. The van der Waals surface area contributed by atoms with Crippen molar-refractivity contribution >= 4 is 42.9 Å². The molecule has 1 aromatic carbocycles. The van der Waals surface area contributed by atoms with E-state index >= 15 is 0 Å². The van der Waals surface area contributed by atoms with Gasteiger partial charge < -0.3 is 4.90 Å². The fraction of sp³-hybridized carbons (Fsp3) is 0.412. The summed E-state index contributed by atoms with van der Waals surface area (Å²) in [4.78, 5) is 2.46. The Balaban J connectivity index is 2.06. The third-order valence-electron chi connectivity index (χ3n) is 4.90. The van der Waals surface area contributed by atoms with Gasteiger partial charge in [0, 0.05) is 45.7 Å². The van der Waals surface area contributed by atoms with Crippen LogP contribution in [0.25, 0.3) is 0 Å². The normalized spacial score (nSPS) is 27.7. The first-order valence-electron chi connectivity index (χ1n) is 7.68. The van der Waals surface area contributed by atoms with Crippen molar-refractivity contribution < 1.29 is 8.42 Å². The smallest absolute Gasteiger partial charge is 0.257 e. The Morgan fingerprint density at radius 1 is 1.25 bits per heavy atom. The molecular formula is C17H18Cl3NO2S. The van der Waals surface area contributed by atoms with Crippen molar-refractivity contribution in [2.75, 3.05) is 13.6 Å². The molecule has 0 amide bonds. The van der Waals surface area contributed by atoms with E-state index in [-0.39, 0.29) is 22.7 Å². The van der Waals surface area contributed by atoms with Crippen molar-refractivity contribution in [3.8, 4) is 0 Å². The van der Waals surface area contributed by atoms with Gasteiger partial charge in [-0.1, -0.05) is 42.3 Å². The number of allylic oxidation sites excluding steroid dienone is 4. The van der Waals surface area contributed by atoms with E-state index in [0.29, 0.717) is 10.0 Å². The molecule has 0 bridgehead atoms. The molecular weight excluding hydrogens is 389 g/mol. The Labute approximate surface area is 157 Å². The quantitative estimate of drug-likeness (QED) is 0.662. The van der Waals surface area contributed by atoms with Gasteiger partial charge in [-0.2, -0.15) is 0 Å². The van der Waals surface area contributed by atoms with E-state index in [1.807, 2.05) is 20.0 Å². The third-order valence-corrected chi connectivity index (χ3v) is 7.06. The van der Waals surface area contributed by atoms with Gasteiger partial charge in [-0.15, -0.1) is 0 Å². The lowest BCUT2D eigenvalue weighted by atomic mass is 9.73. The molecule has 2 aliphatic rings. The van der Waals surface area contributed by atoms with Gasteiger partial charge in [0.25, 0.3) is 9.05 Å². The Kier molecular flexibility index (Phi) is 5.07. The summed E-state index contributed by atoms with van der Waals surface area (Å²) in [6, 6.07) is 3.71. The highest BCUT2D eigenvalue weighted by Gasteiger charge is 2.37. The zero-order chi connectivity index (χ0) is 17.6. The number of rotatable bonds is 2. The Morgan fingerprint density at radius 2 is 1.96 bits per heavy atom. The first-order chi connectivity index (χ1) is 11.2. The minimum atomic E-state index is -3.74. The van der Waals surface area contributed by atoms with Crippen LogP contribution in [0.1, 0.15) is 24.0 Å². The molecule has 130 valence electrons. The van der Waals surface area contributed by atoms with Crippen LogP contribution >= 0.6 is 33.9 Å². The SMILES string of the molecule is CC1C(S(=O)(=O)Cl)=CC=CC1C1CN(C)Cc2c(Cl)cc(Cl)cc21. The molecule has 0 fully saturated rings. The zero-order valence-electron chi connectivity index (χ0n) is 13.3. The summed E-state index contributed by atoms with van der Waals surface area (Å²) in [6.45, 7) is 3.46. The van der Waals surface area contributed by atoms with E-state index in [2.05, 4.69) is 11.0 Å². The van der Waals surface area contributed by atoms with E-state index < -0.39 is 9.05 Å². The summed E-state index contributed by atoms with van der Waals surface area (Å²) in [5.41, 5.74) is 2.16. The maximum atomic E-state index is 11.9. The summed E-state index contributed by atoms with van der Waals surface area (Å²) in [5, 5.41) is 1.25. The number of hydrogen-bond donors (Lipinski definition) is 0. The van der Waals surface area contributed by atoms with Gasteiger partial charge >= 0.3 is 0 Å². The predicted octanol–water partition coefficient (Wildman–Crippen LogP) is 4.80. The Bertz CT molecular complexity index is 832. The first-order valence-corrected chi connectivity index (χ1v) is 10.7. The molecule has 1 aliphatic heterocycles.